The molecule has 1 aromatic carbocycles. The van der Waals surface area contributed by atoms with Crippen LogP contribution in [0.25, 0.3) is 16.0 Å². The fourth-order valence-corrected chi connectivity index (χ4v) is 5.22. The zero-order chi connectivity index (χ0) is 22.2. The van der Waals surface area contributed by atoms with Gasteiger partial charge in [-0.05, 0) is 36.4 Å². The number of thiophene rings is 1. The van der Waals surface area contributed by atoms with Gasteiger partial charge in [0.15, 0.2) is 5.16 Å². The van der Waals surface area contributed by atoms with Crippen molar-refractivity contribution in [3.63, 3.8) is 0 Å². The summed E-state index contributed by atoms with van der Waals surface area (Å²) in [5, 5.41) is 13.1. The molecule has 12 heteroatoms. The Balaban J connectivity index is 1.42. The fourth-order valence-electron chi connectivity index (χ4n) is 3.66. The molecule has 1 aliphatic heterocycles. The predicted molar refractivity (Wildman–Crippen MR) is 117 cm³/mol. The number of anilines is 1. The Morgan fingerprint density at radius 3 is 2.97 bits per heavy atom. The molecule has 1 aliphatic rings. The number of ether oxygens (including phenoxy) is 1. The first-order chi connectivity index (χ1) is 15.5. The van der Waals surface area contributed by atoms with E-state index in [2.05, 4.69) is 15.5 Å². The van der Waals surface area contributed by atoms with E-state index in [1.54, 1.807) is 8.97 Å². The number of amides is 1. The second-order valence-electron chi connectivity index (χ2n) is 7.26. The van der Waals surface area contributed by atoms with Crippen LogP contribution in [0.3, 0.4) is 0 Å². The SMILES string of the molecule is O=C(CSc1nnc2n(C[C@@H]3CCCO3)c(=O)c3sccc3n12)Nc1ccc(F)cc1F. The van der Waals surface area contributed by atoms with Crippen molar-refractivity contribution >= 4 is 50.7 Å². The lowest BCUT2D eigenvalue weighted by molar-refractivity contribution is -0.113. The van der Waals surface area contributed by atoms with E-state index in [4.69, 9.17) is 4.74 Å². The van der Waals surface area contributed by atoms with E-state index in [0.717, 1.165) is 30.7 Å². The predicted octanol–water partition coefficient (Wildman–Crippen LogP) is 3.29. The lowest BCUT2D eigenvalue weighted by Gasteiger charge is -2.13. The van der Waals surface area contributed by atoms with Crippen molar-refractivity contribution in [1.82, 2.24) is 19.2 Å². The average Bonchev–Trinajstić information content (AvgIpc) is 3.52. The lowest BCUT2D eigenvalue weighted by Crippen LogP contribution is -2.28. The Bertz CT molecular complexity index is 1380. The molecule has 0 radical (unpaired) electrons. The van der Waals surface area contributed by atoms with Crippen LogP contribution >= 0.6 is 23.1 Å². The Morgan fingerprint density at radius 2 is 2.19 bits per heavy atom. The number of fused-ring (bicyclic) bond motifs is 3. The molecule has 0 bridgehead atoms. The molecule has 1 N–H and O–H groups in total. The largest absolute Gasteiger partial charge is 0.376 e. The van der Waals surface area contributed by atoms with Crippen LogP contribution in [-0.4, -0.2) is 43.5 Å². The third-order valence-electron chi connectivity index (χ3n) is 5.13. The fraction of sp³-hybridized carbons (Fsp3) is 0.300. The number of carbonyl (C=O) groups excluding carboxylic acids is 1. The quantitative estimate of drug-likeness (QED) is 0.429. The third-order valence-corrected chi connectivity index (χ3v) is 6.95. The molecule has 1 amide bonds. The monoisotopic (exact) mass is 477 g/mol. The first kappa shape index (κ1) is 21.0. The summed E-state index contributed by atoms with van der Waals surface area (Å²) in [5.41, 5.74) is 0.413. The number of hydrogen-bond donors (Lipinski definition) is 1. The molecular formula is C20H17F2N5O3S2. The van der Waals surface area contributed by atoms with Gasteiger partial charge >= 0.3 is 0 Å². The summed E-state index contributed by atoms with van der Waals surface area (Å²) in [6.45, 7) is 1.05. The number of nitrogens with one attached hydrogen (secondary N) is 1. The third kappa shape index (κ3) is 3.89. The van der Waals surface area contributed by atoms with Gasteiger partial charge in [0.25, 0.3) is 5.56 Å². The molecule has 5 rings (SSSR count). The van der Waals surface area contributed by atoms with Crippen LogP contribution < -0.4 is 10.9 Å². The first-order valence-corrected chi connectivity index (χ1v) is 11.7. The van der Waals surface area contributed by atoms with E-state index in [0.29, 0.717) is 40.4 Å². The molecule has 0 unspecified atom stereocenters. The van der Waals surface area contributed by atoms with Crippen molar-refractivity contribution in [3.05, 3.63) is 51.6 Å². The minimum atomic E-state index is -0.852. The Hall–Kier alpha value is -2.83. The van der Waals surface area contributed by atoms with Gasteiger partial charge in [-0.3, -0.25) is 18.6 Å². The van der Waals surface area contributed by atoms with Gasteiger partial charge in [-0.25, -0.2) is 8.78 Å². The van der Waals surface area contributed by atoms with Crippen LogP contribution in [0.4, 0.5) is 14.5 Å². The molecule has 3 aromatic heterocycles. The van der Waals surface area contributed by atoms with Crippen molar-refractivity contribution in [3.8, 4) is 0 Å². The van der Waals surface area contributed by atoms with Crippen LogP contribution in [-0.2, 0) is 16.1 Å². The number of aromatic nitrogens is 4. The van der Waals surface area contributed by atoms with E-state index in [1.165, 1.54) is 17.4 Å². The summed E-state index contributed by atoms with van der Waals surface area (Å²) in [5.74, 6) is -1.75. The molecule has 0 saturated carbocycles. The minimum absolute atomic E-state index is 0.0573. The standard InChI is InChI=1S/C20H17F2N5O3S2/c21-11-3-4-14(13(22)8-11)23-16(28)10-32-20-25-24-19-26(9-12-2-1-6-30-12)18(29)17-15(27(19)20)5-7-31-17/h3-5,7-8,12H,1-2,6,9-10H2,(H,23,28)/t12-/m0/s1. The average molecular weight is 478 g/mol. The minimum Gasteiger partial charge on any atom is -0.376 e. The van der Waals surface area contributed by atoms with Gasteiger partial charge in [0.1, 0.15) is 16.3 Å². The molecular weight excluding hydrogens is 460 g/mol. The summed E-state index contributed by atoms with van der Waals surface area (Å²) in [6, 6.07) is 4.75. The smallest absolute Gasteiger partial charge is 0.272 e. The Labute approximate surface area is 188 Å². The second kappa shape index (κ2) is 8.60. The van der Waals surface area contributed by atoms with E-state index in [1.807, 2.05) is 11.4 Å². The van der Waals surface area contributed by atoms with Gasteiger partial charge in [0.2, 0.25) is 11.7 Å². The highest BCUT2D eigenvalue weighted by Crippen LogP contribution is 2.25. The van der Waals surface area contributed by atoms with Gasteiger partial charge in [0, 0.05) is 12.7 Å². The van der Waals surface area contributed by atoms with E-state index < -0.39 is 17.5 Å². The molecule has 4 heterocycles. The van der Waals surface area contributed by atoms with Crippen molar-refractivity contribution in [1.29, 1.82) is 0 Å². The molecule has 1 fully saturated rings. The maximum absolute atomic E-state index is 13.8. The number of benzene rings is 1. The van der Waals surface area contributed by atoms with Crippen LogP contribution in [0.5, 0.6) is 0 Å². The van der Waals surface area contributed by atoms with Gasteiger partial charge in [-0.2, -0.15) is 0 Å². The number of rotatable bonds is 6. The normalized spacial score (nSPS) is 16.2. The number of hydrogen-bond acceptors (Lipinski definition) is 7. The maximum atomic E-state index is 13.8. The number of carbonyl (C=O) groups is 1. The summed E-state index contributed by atoms with van der Waals surface area (Å²) >= 11 is 2.44. The summed E-state index contributed by atoms with van der Waals surface area (Å²) in [6.07, 6.45) is 1.77. The molecule has 4 aromatic rings. The van der Waals surface area contributed by atoms with Crippen molar-refractivity contribution < 1.29 is 18.3 Å². The van der Waals surface area contributed by atoms with Crippen LogP contribution in [0, 0.1) is 11.6 Å². The molecule has 32 heavy (non-hydrogen) atoms. The number of halogens is 2. The molecule has 1 saturated heterocycles. The van der Waals surface area contributed by atoms with E-state index in [-0.39, 0.29) is 23.1 Å². The Morgan fingerprint density at radius 1 is 1.31 bits per heavy atom. The van der Waals surface area contributed by atoms with Gasteiger partial charge < -0.3 is 10.1 Å². The highest BCUT2D eigenvalue weighted by atomic mass is 32.2. The topological polar surface area (TPSA) is 90.5 Å². The number of nitrogens with zero attached hydrogens (tertiary/aromatic N) is 4. The lowest BCUT2D eigenvalue weighted by atomic mass is 10.2. The summed E-state index contributed by atoms with van der Waals surface area (Å²) < 4.78 is 36.4. The molecule has 1 atom stereocenters. The van der Waals surface area contributed by atoms with Crippen LogP contribution in [0.15, 0.2) is 39.6 Å². The maximum Gasteiger partial charge on any atom is 0.272 e. The highest BCUT2D eigenvalue weighted by molar-refractivity contribution is 7.99. The molecule has 0 spiro atoms. The van der Waals surface area contributed by atoms with Crippen LogP contribution in [0.2, 0.25) is 0 Å². The van der Waals surface area contributed by atoms with Gasteiger partial charge in [-0.15, -0.1) is 21.5 Å². The zero-order valence-electron chi connectivity index (χ0n) is 16.6. The summed E-state index contributed by atoms with van der Waals surface area (Å²) in [7, 11) is 0. The highest BCUT2D eigenvalue weighted by Gasteiger charge is 2.23. The Kier molecular flexibility index (Phi) is 5.66. The van der Waals surface area contributed by atoms with Crippen LogP contribution in [0.1, 0.15) is 12.8 Å². The van der Waals surface area contributed by atoms with Crippen molar-refractivity contribution in [2.24, 2.45) is 0 Å². The number of thioether (sulfide) groups is 1. The van der Waals surface area contributed by atoms with E-state index in [9.17, 15) is 18.4 Å². The molecule has 0 aliphatic carbocycles. The molecule has 8 nitrogen and oxygen atoms in total. The first-order valence-electron chi connectivity index (χ1n) is 9.85. The summed E-state index contributed by atoms with van der Waals surface area (Å²) in [4.78, 5) is 25.4. The second-order valence-corrected chi connectivity index (χ2v) is 9.12. The van der Waals surface area contributed by atoms with Crippen molar-refractivity contribution in [2.75, 3.05) is 17.7 Å². The zero-order valence-corrected chi connectivity index (χ0v) is 18.2. The van der Waals surface area contributed by atoms with Gasteiger partial charge in [0.05, 0.1) is 29.6 Å². The van der Waals surface area contributed by atoms with Gasteiger partial charge in [-0.1, -0.05) is 11.8 Å². The van der Waals surface area contributed by atoms with Crippen molar-refractivity contribution in [2.45, 2.75) is 30.6 Å². The van der Waals surface area contributed by atoms with E-state index >= 15 is 0 Å². The molecule has 166 valence electrons.